The Morgan fingerprint density at radius 1 is 1.08 bits per heavy atom. The number of aromatic nitrogens is 1. The summed E-state index contributed by atoms with van der Waals surface area (Å²) < 4.78 is 5.09. The number of carboxylic acid groups (broad SMARTS) is 1. The summed E-state index contributed by atoms with van der Waals surface area (Å²) in [6.07, 6.45) is 1.17. The number of rotatable bonds is 6. The molecule has 1 aromatic heterocycles. The normalized spacial score (nSPS) is 11.8. The summed E-state index contributed by atoms with van der Waals surface area (Å²) in [5.74, 6) is -1.11. The Morgan fingerprint density at radius 2 is 1.80 bits per heavy atom. The quantitative estimate of drug-likeness (QED) is 0.644. The van der Waals surface area contributed by atoms with Gasteiger partial charge in [0.25, 0.3) is 0 Å². The van der Waals surface area contributed by atoms with E-state index in [1.807, 2.05) is 54.6 Å². The zero-order chi connectivity index (χ0) is 17.6. The Labute approximate surface area is 144 Å². The number of H-pyrrole nitrogens is 1. The molecule has 0 radical (unpaired) electrons. The fraction of sp³-hybridized carbons (Fsp3) is 0.158. The summed E-state index contributed by atoms with van der Waals surface area (Å²) >= 11 is 0. The summed E-state index contributed by atoms with van der Waals surface area (Å²) in [5, 5.41) is 12.8. The average molecular weight is 338 g/mol. The van der Waals surface area contributed by atoms with Gasteiger partial charge < -0.3 is 20.1 Å². The average Bonchev–Trinajstić information content (AvgIpc) is 3.03. The first-order valence-corrected chi connectivity index (χ1v) is 7.88. The van der Waals surface area contributed by atoms with Gasteiger partial charge in [0.05, 0.1) is 0 Å². The van der Waals surface area contributed by atoms with Crippen LogP contribution in [0.15, 0.2) is 60.8 Å². The summed E-state index contributed by atoms with van der Waals surface area (Å²) in [5.41, 5.74) is 2.58. The summed E-state index contributed by atoms with van der Waals surface area (Å²) in [4.78, 5) is 26.5. The number of carbonyl (C=O) groups is 2. The number of amides is 1. The van der Waals surface area contributed by atoms with Crippen LogP contribution < -0.4 is 5.32 Å². The Hall–Kier alpha value is -3.28. The number of benzene rings is 2. The molecule has 0 bridgehead atoms. The van der Waals surface area contributed by atoms with Gasteiger partial charge in [-0.25, -0.2) is 9.59 Å². The number of alkyl carbamates (subject to hydrolysis) is 1. The van der Waals surface area contributed by atoms with Gasteiger partial charge in [-0.15, -0.1) is 0 Å². The number of hydrogen-bond acceptors (Lipinski definition) is 3. The maximum atomic E-state index is 11.9. The Morgan fingerprint density at radius 3 is 2.56 bits per heavy atom. The summed E-state index contributed by atoms with van der Waals surface area (Å²) in [7, 11) is 0. The van der Waals surface area contributed by atoms with Crippen LogP contribution in [0.1, 0.15) is 11.1 Å². The van der Waals surface area contributed by atoms with Gasteiger partial charge in [-0.2, -0.15) is 0 Å². The van der Waals surface area contributed by atoms with E-state index < -0.39 is 18.1 Å². The van der Waals surface area contributed by atoms with Crippen molar-refractivity contribution in [1.82, 2.24) is 10.3 Å². The van der Waals surface area contributed by atoms with Crippen LogP contribution in [0.5, 0.6) is 0 Å². The molecule has 25 heavy (non-hydrogen) atoms. The minimum Gasteiger partial charge on any atom is -0.480 e. The van der Waals surface area contributed by atoms with E-state index in [4.69, 9.17) is 4.74 Å². The number of aromatic amines is 1. The number of nitrogens with one attached hydrogen (secondary N) is 2. The lowest BCUT2D eigenvalue weighted by Crippen LogP contribution is -2.42. The fourth-order valence-corrected chi connectivity index (χ4v) is 2.63. The van der Waals surface area contributed by atoms with Crippen molar-refractivity contribution < 1.29 is 19.4 Å². The van der Waals surface area contributed by atoms with Crippen molar-refractivity contribution in [1.29, 1.82) is 0 Å². The highest BCUT2D eigenvalue weighted by Crippen LogP contribution is 2.19. The SMILES string of the molecule is O=C(NC(Cc1c[nH]c2ccccc12)C(=O)O)OCc1ccccc1. The molecule has 6 nitrogen and oxygen atoms in total. The van der Waals surface area contributed by atoms with Crippen LogP contribution in [0.4, 0.5) is 4.79 Å². The van der Waals surface area contributed by atoms with E-state index in [1.54, 1.807) is 6.20 Å². The molecule has 6 heteroatoms. The minimum absolute atomic E-state index is 0.0894. The van der Waals surface area contributed by atoms with Crippen molar-refractivity contribution in [3.8, 4) is 0 Å². The predicted octanol–water partition coefficient (Wildman–Crippen LogP) is 3.09. The molecule has 3 rings (SSSR count). The molecule has 3 N–H and O–H groups in total. The van der Waals surface area contributed by atoms with Gasteiger partial charge in [-0.3, -0.25) is 0 Å². The molecule has 0 saturated heterocycles. The monoisotopic (exact) mass is 338 g/mol. The highest BCUT2D eigenvalue weighted by Gasteiger charge is 2.22. The second kappa shape index (κ2) is 7.53. The lowest BCUT2D eigenvalue weighted by molar-refractivity contribution is -0.139. The molecule has 0 spiro atoms. The number of carboxylic acids is 1. The van der Waals surface area contributed by atoms with Crippen molar-refractivity contribution in [3.05, 3.63) is 71.9 Å². The van der Waals surface area contributed by atoms with Gasteiger partial charge in [-0.05, 0) is 17.2 Å². The first-order valence-electron chi connectivity index (χ1n) is 7.88. The zero-order valence-corrected chi connectivity index (χ0v) is 13.4. The molecule has 0 fully saturated rings. The number of hydrogen-bond donors (Lipinski definition) is 3. The van der Waals surface area contributed by atoms with Crippen molar-refractivity contribution in [2.45, 2.75) is 19.1 Å². The van der Waals surface area contributed by atoms with Gasteiger partial charge in [-0.1, -0.05) is 48.5 Å². The van der Waals surface area contributed by atoms with E-state index in [0.29, 0.717) is 0 Å². The molecule has 3 aromatic rings. The van der Waals surface area contributed by atoms with E-state index in [9.17, 15) is 14.7 Å². The van der Waals surface area contributed by atoms with Crippen LogP contribution in [0.25, 0.3) is 10.9 Å². The molecular weight excluding hydrogens is 320 g/mol. The molecule has 0 aliphatic heterocycles. The second-order valence-corrected chi connectivity index (χ2v) is 5.66. The molecule has 128 valence electrons. The highest BCUT2D eigenvalue weighted by atomic mass is 16.5. The van der Waals surface area contributed by atoms with Gasteiger partial charge in [0, 0.05) is 23.5 Å². The van der Waals surface area contributed by atoms with E-state index in [0.717, 1.165) is 22.0 Å². The third kappa shape index (κ3) is 4.17. The fourth-order valence-electron chi connectivity index (χ4n) is 2.63. The molecule has 0 saturated carbocycles. The number of carbonyl (C=O) groups excluding carboxylic acids is 1. The Balaban J connectivity index is 1.63. The maximum Gasteiger partial charge on any atom is 0.408 e. The van der Waals surface area contributed by atoms with Gasteiger partial charge >= 0.3 is 12.1 Å². The van der Waals surface area contributed by atoms with Crippen LogP contribution >= 0.6 is 0 Å². The first kappa shape index (κ1) is 16.6. The van der Waals surface area contributed by atoms with Crippen LogP contribution in [0.2, 0.25) is 0 Å². The predicted molar refractivity (Wildman–Crippen MR) is 93.2 cm³/mol. The Kier molecular flexibility index (Phi) is 4.99. The molecule has 1 amide bonds. The number of fused-ring (bicyclic) bond motifs is 1. The smallest absolute Gasteiger partial charge is 0.408 e. The summed E-state index contributed by atoms with van der Waals surface area (Å²) in [6.45, 7) is 0.0894. The van der Waals surface area contributed by atoms with Gasteiger partial charge in [0.1, 0.15) is 12.6 Å². The van der Waals surface area contributed by atoms with E-state index in [-0.39, 0.29) is 13.0 Å². The van der Waals surface area contributed by atoms with Crippen molar-refractivity contribution in [3.63, 3.8) is 0 Å². The molecule has 2 aromatic carbocycles. The zero-order valence-electron chi connectivity index (χ0n) is 13.4. The molecule has 1 atom stereocenters. The van der Waals surface area contributed by atoms with Crippen LogP contribution in [0, 0.1) is 0 Å². The Bertz CT molecular complexity index is 873. The number of aliphatic carboxylic acids is 1. The molecule has 1 heterocycles. The third-order valence-electron chi connectivity index (χ3n) is 3.90. The lowest BCUT2D eigenvalue weighted by atomic mass is 10.1. The summed E-state index contributed by atoms with van der Waals surface area (Å²) in [6, 6.07) is 15.7. The lowest BCUT2D eigenvalue weighted by Gasteiger charge is -2.14. The highest BCUT2D eigenvalue weighted by molar-refractivity contribution is 5.85. The van der Waals surface area contributed by atoms with Crippen LogP contribution in [0.3, 0.4) is 0 Å². The maximum absolute atomic E-state index is 11.9. The molecule has 0 aliphatic rings. The van der Waals surface area contributed by atoms with Crippen LogP contribution in [-0.2, 0) is 22.6 Å². The first-order chi connectivity index (χ1) is 12.1. The molecule has 0 aliphatic carbocycles. The van der Waals surface area contributed by atoms with E-state index in [2.05, 4.69) is 10.3 Å². The second-order valence-electron chi connectivity index (χ2n) is 5.66. The topological polar surface area (TPSA) is 91.4 Å². The van der Waals surface area contributed by atoms with Crippen molar-refractivity contribution >= 4 is 23.0 Å². The standard InChI is InChI=1S/C19H18N2O4/c22-18(23)17(10-14-11-20-16-9-5-4-8-15(14)16)21-19(24)25-12-13-6-2-1-3-7-13/h1-9,11,17,20H,10,12H2,(H,21,24)(H,22,23). The van der Waals surface area contributed by atoms with Gasteiger partial charge in [0.15, 0.2) is 0 Å². The molecule has 1 unspecified atom stereocenters. The third-order valence-corrected chi connectivity index (χ3v) is 3.90. The number of para-hydroxylation sites is 1. The van der Waals surface area contributed by atoms with E-state index in [1.165, 1.54) is 0 Å². The molecular formula is C19H18N2O4. The number of ether oxygens (including phenoxy) is 1. The largest absolute Gasteiger partial charge is 0.480 e. The van der Waals surface area contributed by atoms with Gasteiger partial charge in [0.2, 0.25) is 0 Å². The van der Waals surface area contributed by atoms with Crippen molar-refractivity contribution in [2.24, 2.45) is 0 Å². The minimum atomic E-state index is -1.11. The van der Waals surface area contributed by atoms with E-state index >= 15 is 0 Å². The van der Waals surface area contributed by atoms with Crippen molar-refractivity contribution in [2.75, 3.05) is 0 Å². The van der Waals surface area contributed by atoms with Crippen LogP contribution in [-0.4, -0.2) is 28.2 Å².